The molecule has 3 nitrogen and oxygen atoms in total. The minimum atomic E-state index is 0. The molecule has 0 heterocycles. The zero-order valence-corrected chi connectivity index (χ0v) is 33.7. The maximum Gasteiger partial charge on any atom is 0.130 e. The molecule has 0 amide bonds. The average molecular weight is 715 g/mol. The van der Waals surface area contributed by atoms with Crippen molar-refractivity contribution in [2.75, 3.05) is 47.5 Å². The van der Waals surface area contributed by atoms with E-state index >= 15 is 0 Å². The van der Waals surface area contributed by atoms with Crippen molar-refractivity contribution < 1.29 is 30.9 Å². The lowest BCUT2D eigenvalue weighted by molar-refractivity contribution is -0.873. The number of hydrogen-bond acceptors (Lipinski definition) is 2. The molecule has 46 heavy (non-hydrogen) atoms. The second kappa shape index (κ2) is 39.3. The van der Waals surface area contributed by atoms with Crippen molar-refractivity contribution in [3.05, 3.63) is 24.3 Å². The Morgan fingerprint density at radius 3 is 1.13 bits per heavy atom. The van der Waals surface area contributed by atoms with Crippen LogP contribution in [0.1, 0.15) is 194 Å². The number of allylic oxidation sites excluding steroid dienone is 4. The third-order valence-electron chi connectivity index (χ3n) is 8.87. The summed E-state index contributed by atoms with van der Waals surface area (Å²) in [5, 5.41) is 0. The summed E-state index contributed by atoms with van der Waals surface area (Å²) in [6.45, 7) is 8.10. The van der Waals surface area contributed by atoms with Crippen LogP contribution in [0.2, 0.25) is 0 Å². The molecule has 0 spiro atoms. The second-order valence-corrected chi connectivity index (χ2v) is 14.9. The van der Waals surface area contributed by atoms with Gasteiger partial charge >= 0.3 is 0 Å². The normalized spacial score (nSPS) is 12.8. The van der Waals surface area contributed by atoms with Crippen LogP contribution < -0.4 is 17.0 Å². The third kappa shape index (κ3) is 41.9. The molecule has 0 aliphatic heterocycles. The van der Waals surface area contributed by atoms with Gasteiger partial charge in [0.15, 0.2) is 0 Å². The van der Waals surface area contributed by atoms with Gasteiger partial charge in [-0.05, 0) is 64.2 Å². The highest BCUT2D eigenvalue weighted by molar-refractivity contribution is 4.82. The van der Waals surface area contributed by atoms with E-state index in [0.29, 0.717) is 0 Å². The Kier molecular flexibility index (Phi) is 40.9. The first-order valence-electron chi connectivity index (χ1n) is 20.3. The molecule has 0 aromatic heterocycles. The SMILES string of the molecule is CCCCCCCCC=CCCCCCCCCOCC(C[N+](C)(C)C)OCCCCCCCCC=CCCCCCCCC.[Br-]. The number of unbranched alkanes of at least 4 members (excludes halogenated alkanes) is 24. The summed E-state index contributed by atoms with van der Waals surface area (Å²) in [7, 11) is 6.77. The molecule has 0 aromatic rings. The van der Waals surface area contributed by atoms with Crippen molar-refractivity contribution in [3.63, 3.8) is 0 Å². The first-order chi connectivity index (χ1) is 22.0. The molecule has 1 unspecified atom stereocenters. The van der Waals surface area contributed by atoms with Gasteiger partial charge in [-0.1, -0.05) is 154 Å². The van der Waals surface area contributed by atoms with Gasteiger partial charge in [-0.2, -0.15) is 0 Å². The van der Waals surface area contributed by atoms with Gasteiger partial charge in [0.2, 0.25) is 0 Å². The van der Waals surface area contributed by atoms with E-state index in [1.165, 1.54) is 180 Å². The molecule has 4 heteroatoms. The molecule has 0 saturated carbocycles. The van der Waals surface area contributed by atoms with Gasteiger partial charge in [-0.25, -0.2) is 0 Å². The lowest BCUT2D eigenvalue weighted by Gasteiger charge is -2.29. The van der Waals surface area contributed by atoms with Crippen LogP contribution in [0.3, 0.4) is 0 Å². The molecular weight excluding hydrogens is 630 g/mol. The van der Waals surface area contributed by atoms with Crippen LogP contribution in [-0.4, -0.2) is 58.1 Å². The molecule has 0 radical (unpaired) electrons. The van der Waals surface area contributed by atoms with Crippen molar-refractivity contribution in [1.29, 1.82) is 0 Å². The second-order valence-electron chi connectivity index (χ2n) is 14.9. The molecule has 0 N–H and O–H groups in total. The molecule has 0 bridgehead atoms. The quantitative estimate of drug-likeness (QED) is 0.0362. The van der Waals surface area contributed by atoms with Crippen molar-refractivity contribution in [3.8, 4) is 0 Å². The first kappa shape index (κ1) is 48.0. The minimum absolute atomic E-state index is 0. The van der Waals surface area contributed by atoms with Gasteiger partial charge < -0.3 is 30.9 Å². The van der Waals surface area contributed by atoms with Gasteiger partial charge in [0.25, 0.3) is 0 Å². The largest absolute Gasteiger partial charge is 1.00 e. The molecule has 0 saturated heterocycles. The Morgan fingerprint density at radius 2 is 0.761 bits per heavy atom. The highest BCUT2D eigenvalue weighted by Crippen LogP contribution is 2.12. The Labute approximate surface area is 301 Å². The summed E-state index contributed by atoms with van der Waals surface area (Å²) in [5.74, 6) is 0. The van der Waals surface area contributed by atoms with E-state index in [-0.39, 0.29) is 23.1 Å². The summed E-state index contributed by atoms with van der Waals surface area (Å²) in [6, 6.07) is 0. The molecule has 0 aliphatic rings. The summed E-state index contributed by atoms with van der Waals surface area (Å²) in [5.41, 5.74) is 0. The molecule has 276 valence electrons. The lowest BCUT2D eigenvalue weighted by atomic mass is 10.1. The zero-order valence-electron chi connectivity index (χ0n) is 32.2. The van der Waals surface area contributed by atoms with Crippen LogP contribution >= 0.6 is 0 Å². The van der Waals surface area contributed by atoms with E-state index in [9.17, 15) is 0 Å². The molecular formula is C42H84BrNO2. The molecule has 0 fully saturated rings. The van der Waals surface area contributed by atoms with Crippen LogP contribution in [0, 0.1) is 0 Å². The van der Waals surface area contributed by atoms with Gasteiger partial charge in [-0.15, -0.1) is 0 Å². The highest BCUT2D eigenvalue weighted by atomic mass is 79.9. The third-order valence-corrected chi connectivity index (χ3v) is 8.87. The van der Waals surface area contributed by atoms with Crippen LogP contribution in [0.25, 0.3) is 0 Å². The van der Waals surface area contributed by atoms with E-state index in [1.807, 2.05) is 0 Å². The number of rotatable bonds is 37. The van der Waals surface area contributed by atoms with Crippen LogP contribution in [0.15, 0.2) is 24.3 Å². The fraction of sp³-hybridized carbons (Fsp3) is 0.905. The summed E-state index contributed by atoms with van der Waals surface area (Å²) in [4.78, 5) is 0. The predicted octanol–water partition coefficient (Wildman–Crippen LogP) is 10.2. The van der Waals surface area contributed by atoms with E-state index in [1.54, 1.807) is 0 Å². The molecule has 0 aromatic carbocycles. The van der Waals surface area contributed by atoms with Crippen LogP contribution in [-0.2, 0) is 9.47 Å². The topological polar surface area (TPSA) is 18.5 Å². The standard InChI is InChI=1S/C42H84NO2.BrH/c1-6-8-10-12-14-16-18-20-22-24-26-28-30-32-34-36-38-44-41-42(40-43(3,4)5)45-39-37-35-33-31-29-27-25-23-21-19-17-15-13-11-9-7-2;/h20-23,42H,6-19,24-41H2,1-5H3;1H/q+1;/p-1. The Balaban J connectivity index is 0. The highest BCUT2D eigenvalue weighted by Gasteiger charge is 2.19. The molecule has 0 rings (SSSR count). The summed E-state index contributed by atoms with van der Waals surface area (Å²) >= 11 is 0. The lowest BCUT2D eigenvalue weighted by Crippen LogP contribution is -3.00. The van der Waals surface area contributed by atoms with Crippen molar-refractivity contribution >= 4 is 0 Å². The number of ether oxygens (including phenoxy) is 2. The fourth-order valence-corrected chi connectivity index (χ4v) is 6.03. The Hall–Kier alpha value is -0.160. The minimum Gasteiger partial charge on any atom is -1.00 e. The van der Waals surface area contributed by atoms with Crippen LogP contribution in [0.5, 0.6) is 0 Å². The van der Waals surface area contributed by atoms with Gasteiger partial charge in [-0.3, -0.25) is 0 Å². The number of quaternary nitrogens is 1. The first-order valence-corrected chi connectivity index (χ1v) is 20.3. The van der Waals surface area contributed by atoms with Crippen LogP contribution in [0.4, 0.5) is 0 Å². The zero-order chi connectivity index (χ0) is 32.9. The predicted molar refractivity (Wildman–Crippen MR) is 202 cm³/mol. The van der Waals surface area contributed by atoms with Crippen molar-refractivity contribution in [2.24, 2.45) is 0 Å². The molecule has 0 aliphatic carbocycles. The van der Waals surface area contributed by atoms with Gasteiger partial charge in [0, 0.05) is 13.2 Å². The summed E-state index contributed by atoms with van der Waals surface area (Å²) in [6.07, 6.45) is 47.6. The smallest absolute Gasteiger partial charge is 0.130 e. The van der Waals surface area contributed by atoms with Crippen molar-refractivity contribution in [2.45, 2.75) is 200 Å². The Morgan fingerprint density at radius 1 is 0.435 bits per heavy atom. The Bertz CT molecular complexity index is 615. The van der Waals surface area contributed by atoms with E-state index in [4.69, 9.17) is 9.47 Å². The van der Waals surface area contributed by atoms with Crippen molar-refractivity contribution in [1.82, 2.24) is 0 Å². The van der Waals surface area contributed by atoms with E-state index in [0.717, 1.165) is 30.8 Å². The molecule has 1 atom stereocenters. The van der Waals surface area contributed by atoms with Gasteiger partial charge in [0.05, 0.1) is 27.7 Å². The summed E-state index contributed by atoms with van der Waals surface area (Å²) < 4.78 is 13.3. The number of likely N-dealkylation sites (N-methyl/N-ethyl adjacent to an activating group) is 1. The number of halogens is 1. The number of nitrogens with zero attached hydrogens (tertiary/aromatic N) is 1. The van der Waals surface area contributed by atoms with Gasteiger partial charge in [0.1, 0.15) is 12.6 Å². The number of hydrogen-bond donors (Lipinski definition) is 0. The van der Waals surface area contributed by atoms with E-state index in [2.05, 4.69) is 59.3 Å². The average Bonchev–Trinajstić information content (AvgIpc) is 3.01. The maximum absolute atomic E-state index is 6.32. The fourth-order valence-electron chi connectivity index (χ4n) is 6.03. The van der Waals surface area contributed by atoms with E-state index < -0.39 is 0 Å². The maximum atomic E-state index is 6.32. The monoisotopic (exact) mass is 714 g/mol.